The van der Waals surface area contributed by atoms with Gasteiger partial charge in [-0.2, -0.15) is 11.3 Å². The first-order valence-electron chi connectivity index (χ1n) is 11.9. The number of amides is 1. The molecule has 7 heteroatoms. The van der Waals surface area contributed by atoms with Crippen LogP contribution in [0.5, 0.6) is 5.75 Å². The second-order valence-corrected chi connectivity index (χ2v) is 10.1. The number of halogens is 1. The van der Waals surface area contributed by atoms with E-state index in [9.17, 15) is 9.18 Å². The third kappa shape index (κ3) is 5.26. The molecule has 0 unspecified atom stereocenters. The van der Waals surface area contributed by atoms with Crippen molar-refractivity contribution in [3.05, 3.63) is 82.8 Å². The van der Waals surface area contributed by atoms with Gasteiger partial charge in [-0.05, 0) is 41.3 Å². The molecule has 3 saturated heterocycles. The molecule has 1 amide bonds. The summed E-state index contributed by atoms with van der Waals surface area (Å²) in [4.78, 5) is 15.0. The highest BCUT2D eigenvalue weighted by Crippen LogP contribution is 2.36. The summed E-state index contributed by atoms with van der Waals surface area (Å²) in [5, 5.41) is 3.86. The maximum absolute atomic E-state index is 13.7. The highest BCUT2D eigenvalue weighted by Gasteiger charge is 2.47. The van der Waals surface area contributed by atoms with E-state index in [1.165, 1.54) is 23.5 Å². The summed E-state index contributed by atoms with van der Waals surface area (Å²) >= 11 is 1.52. The number of quaternary nitrogens is 1. The number of rotatable bonds is 8. The largest absolute Gasteiger partial charge is 0.488 e. The maximum atomic E-state index is 13.7. The molecule has 178 valence electrons. The van der Waals surface area contributed by atoms with Crippen LogP contribution in [0.3, 0.4) is 0 Å². The number of ether oxygens (including phenoxy) is 2. The summed E-state index contributed by atoms with van der Waals surface area (Å²) in [6.45, 7) is 4.87. The van der Waals surface area contributed by atoms with Gasteiger partial charge in [-0.15, -0.1) is 0 Å². The molecule has 3 aliphatic rings. The molecular weight excluding hydrogens is 451 g/mol. The molecule has 3 fully saturated rings. The average molecular weight is 482 g/mol. The van der Waals surface area contributed by atoms with Crippen LogP contribution in [0.4, 0.5) is 14.9 Å². The summed E-state index contributed by atoms with van der Waals surface area (Å²) in [5.74, 6) is 0.981. The Morgan fingerprint density at radius 2 is 1.91 bits per heavy atom. The monoisotopic (exact) mass is 481 g/mol. The van der Waals surface area contributed by atoms with Crippen LogP contribution in [0.1, 0.15) is 18.4 Å². The Balaban J connectivity index is 1.24. The van der Waals surface area contributed by atoms with Gasteiger partial charge < -0.3 is 14.0 Å². The van der Waals surface area contributed by atoms with Gasteiger partial charge in [0.15, 0.2) is 6.10 Å². The minimum atomic E-state index is -0.361. The molecule has 1 atom stereocenters. The van der Waals surface area contributed by atoms with Crippen molar-refractivity contribution in [2.24, 2.45) is 5.92 Å². The third-order valence-electron chi connectivity index (χ3n) is 7.14. The van der Waals surface area contributed by atoms with E-state index in [4.69, 9.17) is 9.47 Å². The van der Waals surface area contributed by atoms with Gasteiger partial charge in [-0.1, -0.05) is 30.3 Å². The van der Waals surface area contributed by atoms with Crippen LogP contribution in [0.2, 0.25) is 0 Å². The summed E-state index contributed by atoms with van der Waals surface area (Å²) in [6, 6.07) is 18.2. The smallest absolute Gasteiger partial charge is 0.415 e. The number of nitrogens with zero attached hydrogens (tertiary/aromatic N) is 2. The molecule has 0 aliphatic carbocycles. The number of hydrogen-bond donors (Lipinski definition) is 0. The Hall–Kier alpha value is -2.90. The van der Waals surface area contributed by atoms with E-state index in [1.807, 2.05) is 53.2 Å². The molecule has 1 aromatic heterocycles. The van der Waals surface area contributed by atoms with E-state index in [1.54, 1.807) is 11.0 Å². The molecule has 0 N–H and O–H groups in total. The normalized spacial score (nSPS) is 23.4. The van der Waals surface area contributed by atoms with Gasteiger partial charge in [0.05, 0.1) is 25.3 Å². The zero-order valence-corrected chi connectivity index (χ0v) is 20.0. The summed E-state index contributed by atoms with van der Waals surface area (Å²) in [5.41, 5.74) is 1.51. The van der Waals surface area contributed by atoms with Gasteiger partial charge in [-0.3, -0.25) is 4.90 Å². The first-order chi connectivity index (χ1) is 16.6. The highest BCUT2D eigenvalue weighted by atomic mass is 32.1. The molecule has 34 heavy (non-hydrogen) atoms. The van der Waals surface area contributed by atoms with Crippen LogP contribution in [-0.4, -0.2) is 49.5 Å². The number of piperidine rings is 3. The van der Waals surface area contributed by atoms with Crippen molar-refractivity contribution in [1.82, 2.24) is 0 Å². The lowest BCUT2D eigenvalue weighted by Crippen LogP contribution is -2.65. The van der Waals surface area contributed by atoms with Crippen LogP contribution in [0.15, 0.2) is 71.4 Å². The van der Waals surface area contributed by atoms with Crippen molar-refractivity contribution < 1.29 is 23.1 Å². The van der Waals surface area contributed by atoms with Crippen LogP contribution in [0, 0.1) is 11.7 Å². The zero-order chi connectivity index (χ0) is 23.4. The van der Waals surface area contributed by atoms with E-state index >= 15 is 0 Å². The number of hydrogen-bond acceptors (Lipinski definition) is 4. The molecule has 3 aromatic rings. The van der Waals surface area contributed by atoms with E-state index in [2.05, 4.69) is 0 Å². The molecule has 2 bridgehead atoms. The number of carbonyl (C=O) groups is 1. The number of anilines is 1. The lowest BCUT2D eigenvalue weighted by Gasteiger charge is -2.52. The number of thiophene rings is 1. The van der Waals surface area contributed by atoms with E-state index in [0.717, 1.165) is 60.5 Å². The van der Waals surface area contributed by atoms with Gasteiger partial charge >= 0.3 is 6.09 Å². The van der Waals surface area contributed by atoms with Gasteiger partial charge in [0.1, 0.15) is 31.3 Å². The molecule has 2 aromatic carbocycles. The van der Waals surface area contributed by atoms with Crippen LogP contribution in [-0.2, 0) is 11.3 Å². The highest BCUT2D eigenvalue weighted by molar-refractivity contribution is 7.08. The van der Waals surface area contributed by atoms with Crippen molar-refractivity contribution in [1.29, 1.82) is 0 Å². The Morgan fingerprint density at radius 1 is 1.09 bits per heavy atom. The van der Waals surface area contributed by atoms with Crippen LogP contribution < -0.4 is 9.64 Å². The number of benzene rings is 2. The summed E-state index contributed by atoms with van der Waals surface area (Å²) < 4.78 is 26.8. The zero-order valence-electron chi connectivity index (χ0n) is 19.1. The van der Waals surface area contributed by atoms with E-state index < -0.39 is 0 Å². The van der Waals surface area contributed by atoms with Crippen molar-refractivity contribution in [3.8, 4) is 5.75 Å². The van der Waals surface area contributed by atoms with Crippen molar-refractivity contribution in [2.75, 3.05) is 37.7 Å². The molecule has 0 radical (unpaired) electrons. The summed E-state index contributed by atoms with van der Waals surface area (Å²) in [7, 11) is 0. The fourth-order valence-electron chi connectivity index (χ4n) is 5.23. The van der Waals surface area contributed by atoms with Gasteiger partial charge in [0.2, 0.25) is 0 Å². The van der Waals surface area contributed by atoms with Crippen molar-refractivity contribution in [3.63, 3.8) is 0 Å². The first-order valence-corrected chi connectivity index (χ1v) is 12.8. The number of carbonyl (C=O) groups excluding carboxylic acids is 1. The summed E-state index contributed by atoms with van der Waals surface area (Å²) in [6.07, 6.45) is 1.65. The van der Waals surface area contributed by atoms with Crippen molar-refractivity contribution in [2.45, 2.75) is 25.5 Å². The van der Waals surface area contributed by atoms with E-state index in [-0.39, 0.29) is 24.6 Å². The Morgan fingerprint density at radius 3 is 2.65 bits per heavy atom. The first kappa shape index (κ1) is 22.9. The second kappa shape index (κ2) is 10.2. The lowest BCUT2D eigenvalue weighted by atomic mass is 9.83. The van der Waals surface area contributed by atoms with Gasteiger partial charge in [0, 0.05) is 24.1 Å². The van der Waals surface area contributed by atoms with Gasteiger partial charge in [0.25, 0.3) is 0 Å². The number of fused-ring (bicyclic) bond motifs is 3. The topological polar surface area (TPSA) is 38.8 Å². The Bertz CT molecular complexity index is 1080. The predicted molar refractivity (Wildman–Crippen MR) is 132 cm³/mol. The van der Waals surface area contributed by atoms with Crippen LogP contribution in [0.25, 0.3) is 0 Å². The van der Waals surface area contributed by atoms with E-state index in [0.29, 0.717) is 12.5 Å². The SMILES string of the molecule is O=C(O[C@H]1C[N+]2(CCOc3ccccc3)CCC1CC2)N(Cc1cccc(F)c1)c1ccsc1. The average Bonchev–Trinajstić information content (AvgIpc) is 3.38. The van der Waals surface area contributed by atoms with Gasteiger partial charge in [-0.25, -0.2) is 9.18 Å². The quantitative estimate of drug-likeness (QED) is 0.387. The standard InChI is InChI=1S/C27H30FN2O3S/c28-23-6-4-5-21(17-23)18-29(24-11-16-34-20-24)27(31)33-26-19-30(12-9-22(26)10-13-30)14-15-32-25-7-2-1-3-8-25/h1-8,11,16-17,20,22,26H,9-10,12-15,18-19H2/q+1/t22?,26-,30?/m0/s1. The third-order valence-corrected chi connectivity index (χ3v) is 7.81. The molecule has 5 nitrogen and oxygen atoms in total. The predicted octanol–water partition coefficient (Wildman–Crippen LogP) is 5.72. The molecule has 4 heterocycles. The van der Waals surface area contributed by atoms with Crippen molar-refractivity contribution >= 4 is 23.1 Å². The second-order valence-electron chi connectivity index (χ2n) is 9.31. The fourth-order valence-corrected chi connectivity index (χ4v) is 5.87. The Kier molecular flexibility index (Phi) is 6.83. The molecule has 3 aliphatic heterocycles. The molecule has 0 spiro atoms. The molecule has 0 saturated carbocycles. The minimum Gasteiger partial charge on any atom is -0.488 e. The maximum Gasteiger partial charge on any atom is 0.415 e. The minimum absolute atomic E-state index is 0.111. The number of para-hydroxylation sites is 1. The molecular formula is C27H30FN2O3S+. The lowest BCUT2D eigenvalue weighted by molar-refractivity contribution is -0.946. The molecule has 6 rings (SSSR count). The Labute approximate surface area is 203 Å². The van der Waals surface area contributed by atoms with Crippen LogP contribution >= 0.6 is 11.3 Å². The fraction of sp³-hybridized carbons (Fsp3) is 0.370.